The number of aromatic nitrogens is 1. The summed E-state index contributed by atoms with van der Waals surface area (Å²) in [6.45, 7) is 2.97. The number of hydrogen-bond donors (Lipinski definition) is 1. The van der Waals surface area contributed by atoms with Crippen molar-refractivity contribution in [1.82, 2.24) is 10.1 Å². The number of rotatable bonds is 2. The summed E-state index contributed by atoms with van der Waals surface area (Å²) in [5.41, 5.74) is 1.62. The van der Waals surface area contributed by atoms with Gasteiger partial charge in [0.15, 0.2) is 5.58 Å². The van der Waals surface area contributed by atoms with Crippen LogP contribution in [-0.2, 0) is 11.2 Å². The first-order chi connectivity index (χ1) is 8.84. The van der Waals surface area contributed by atoms with Crippen molar-refractivity contribution in [2.45, 2.75) is 6.42 Å². The number of benzene rings is 1. The molecule has 0 aliphatic carbocycles. The number of para-hydroxylation sites is 1. The highest BCUT2D eigenvalue weighted by atomic mass is 35.5. The maximum absolute atomic E-state index is 8.12. The molecule has 0 saturated carbocycles. The maximum atomic E-state index is 8.12. The highest BCUT2D eigenvalue weighted by Crippen LogP contribution is 2.18. The molecule has 0 bridgehead atoms. The summed E-state index contributed by atoms with van der Waals surface area (Å²) < 4.78 is 10.5. The number of ether oxygens (including phenoxy) is 1. The van der Waals surface area contributed by atoms with Gasteiger partial charge in [0.2, 0.25) is 0 Å². The van der Waals surface area contributed by atoms with Crippen LogP contribution in [0.1, 0.15) is 5.69 Å². The Kier molecular flexibility index (Phi) is 4.39. The van der Waals surface area contributed by atoms with E-state index in [-0.39, 0.29) is 12.4 Å². The van der Waals surface area contributed by atoms with Crippen molar-refractivity contribution in [1.29, 1.82) is 5.41 Å². The minimum atomic E-state index is 0. The van der Waals surface area contributed by atoms with Crippen molar-refractivity contribution in [3.63, 3.8) is 0 Å². The summed E-state index contributed by atoms with van der Waals surface area (Å²) in [5.74, 6) is 0.581. The van der Waals surface area contributed by atoms with E-state index in [4.69, 9.17) is 14.7 Å². The molecule has 102 valence electrons. The zero-order valence-electron chi connectivity index (χ0n) is 10.5. The highest BCUT2D eigenvalue weighted by molar-refractivity contribution is 5.87. The summed E-state index contributed by atoms with van der Waals surface area (Å²) in [5, 5.41) is 13.2. The van der Waals surface area contributed by atoms with Crippen LogP contribution in [-0.4, -0.2) is 42.2 Å². The second-order valence-corrected chi connectivity index (χ2v) is 4.35. The van der Waals surface area contributed by atoms with Gasteiger partial charge in [0, 0.05) is 18.5 Å². The smallest absolute Gasteiger partial charge is 0.167 e. The van der Waals surface area contributed by atoms with Crippen LogP contribution < -0.4 is 0 Å². The normalized spacial score (nSPS) is 15.3. The lowest BCUT2D eigenvalue weighted by Crippen LogP contribution is -2.41. The van der Waals surface area contributed by atoms with Crippen molar-refractivity contribution in [3.05, 3.63) is 30.0 Å². The van der Waals surface area contributed by atoms with Crippen LogP contribution in [0.5, 0.6) is 0 Å². The van der Waals surface area contributed by atoms with Gasteiger partial charge in [0.05, 0.1) is 25.3 Å². The van der Waals surface area contributed by atoms with Gasteiger partial charge in [0.1, 0.15) is 5.84 Å². The van der Waals surface area contributed by atoms with E-state index in [1.165, 1.54) is 0 Å². The molecule has 3 rings (SSSR count). The number of halogens is 1. The van der Waals surface area contributed by atoms with E-state index in [1.54, 1.807) is 0 Å². The molecule has 0 radical (unpaired) electrons. The SMILES string of the molecule is Cl.N=C(Cc1noc2ccccc12)N1CCOCC1. The molecule has 19 heavy (non-hydrogen) atoms. The summed E-state index contributed by atoms with van der Waals surface area (Å²) in [7, 11) is 0. The second-order valence-electron chi connectivity index (χ2n) is 4.35. The van der Waals surface area contributed by atoms with Gasteiger partial charge in [-0.1, -0.05) is 17.3 Å². The van der Waals surface area contributed by atoms with Crippen LogP contribution in [0.3, 0.4) is 0 Å². The summed E-state index contributed by atoms with van der Waals surface area (Å²) in [6.07, 6.45) is 0.511. The largest absolute Gasteiger partial charge is 0.378 e. The Balaban J connectivity index is 0.00000133. The van der Waals surface area contributed by atoms with Crippen LogP contribution >= 0.6 is 12.4 Å². The lowest BCUT2D eigenvalue weighted by molar-refractivity contribution is 0.0670. The third-order valence-corrected chi connectivity index (χ3v) is 3.18. The molecule has 0 atom stereocenters. The highest BCUT2D eigenvalue weighted by Gasteiger charge is 2.16. The Labute approximate surface area is 117 Å². The molecule has 1 aromatic carbocycles. The van der Waals surface area contributed by atoms with Crippen molar-refractivity contribution in [2.24, 2.45) is 0 Å². The molecular weight excluding hydrogens is 266 g/mol. The lowest BCUT2D eigenvalue weighted by Gasteiger charge is -2.28. The third-order valence-electron chi connectivity index (χ3n) is 3.18. The van der Waals surface area contributed by atoms with E-state index in [0.29, 0.717) is 25.5 Å². The summed E-state index contributed by atoms with van der Waals surface area (Å²) in [6, 6.07) is 7.75. The van der Waals surface area contributed by atoms with Crippen molar-refractivity contribution >= 4 is 29.2 Å². The Morgan fingerprint density at radius 3 is 2.79 bits per heavy atom. The van der Waals surface area contributed by atoms with E-state index in [2.05, 4.69) is 5.16 Å². The van der Waals surface area contributed by atoms with Gasteiger partial charge in [-0.25, -0.2) is 0 Å². The van der Waals surface area contributed by atoms with E-state index in [9.17, 15) is 0 Å². The maximum Gasteiger partial charge on any atom is 0.167 e. The van der Waals surface area contributed by atoms with Gasteiger partial charge < -0.3 is 14.2 Å². The van der Waals surface area contributed by atoms with Crippen LogP contribution in [0.4, 0.5) is 0 Å². The summed E-state index contributed by atoms with van der Waals surface area (Å²) in [4.78, 5) is 2.03. The number of hydrogen-bond acceptors (Lipinski definition) is 4. The summed E-state index contributed by atoms with van der Waals surface area (Å²) >= 11 is 0. The fraction of sp³-hybridized carbons (Fsp3) is 0.385. The molecule has 0 unspecified atom stereocenters. The molecule has 1 aliphatic rings. The Bertz CT molecular complexity index is 564. The van der Waals surface area contributed by atoms with Crippen LogP contribution in [0, 0.1) is 5.41 Å². The zero-order valence-corrected chi connectivity index (χ0v) is 11.3. The number of morpholine rings is 1. The first-order valence-electron chi connectivity index (χ1n) is 6.08. The van der Waals surface area contributed by atoms with E-state index in [0.717, 1.165) is 29.8 Å². The molecule has 1 aromatic heterocycles. The van der Waals surface area contributed by atoms with Gasteiger partial charge in [0.25, 0.3) is 0 Å². The topological polar surface area (TPSA) is 62.4 Å². The molecule has 1 fully saturated rings. The van der Waals surface area contributed by atoms with Crippen LogP contribution in [0.25, 0.3) is 11.0 Å². The number of nitrogens with one attached hydrogen (secondary N) is 1. The first-order valence-corrected chi connectivity index (χ1v) is 6.08. The molecule has 1 saturated heterocycles. The van der Waals surface area contributed by atoms with E-state index < -0.39 is 0 Å². The molecule has 6 heteroatoms. The Morgan fingerprint density at radius 2 is 2.00 bits per heavy atom. The molecule has 2 heterocycles. The molecule has 5 nitrogen and oxygen atoms in total. The minimum Gasteiger partial charge on any atom is -0.378 e. The molecule has 2 aromatic rings. The minimum absolute atomic E-state index is 0. The monoisotopic (exact) mass is 281 g/mol. The molecule has 0 spiro atoms. The number of amidine groups is 1. The Hall–Kier alpha value is -1.59. The first kappa shape index (κ1) is 13.8. The Morgan fingerprint density at radius 1 is 1.26 bits per heavy atom. The fourth-order valence-corrected chi connectivity index (χ4v) is 2.17. The molecular formula is C13H16ClN3O2. The lowest BCUT2D eigenvalue weighted by atomic mass is 10.1. The number of fused-ring (bicyclic) bond motifs is 1. The zero-order chi connectivity index (χ0) is 12.4. The van der Waals surface area contributed by atoms with Crippen molar-refractivity contribution in [2.75, 3.05) is 26.3 Å². The second kappa shape index (κ2) is 6.04. The van der Waals surface area contributed by atoms with Gasteiger partial charge in [-0.15, -0.1) is 12.4 Å². The van der Waals surface area contributed by atoms with E-state index >= 15 is 0 Å². The number of nitrogens with zero attached hydrogens (tertiary/aromatic N) is 2. The van der Waals surface area contributed by atoms with Crippen LogP contribution in [0.2, 0.25) is 0 Å². The van der Waals surface area contributed by atoms with Crippen LogP contribution in [0.15, 0.2) is 28.8 Å². The quantitative estimate of drug-likeness (QED) is 0.676. The molecule has 1 aliphatic heterocycles. The fourth-order valence-electron chi connectivity index (χ4n) is 2.17. The van der Waals surface area contributed by atoms with E-state index in [1.807, 2.05) is 29.2 Å². The predicted molar refractivity (Wildman–Crippen MR) is 75.1 cm³/mol. The molecule has 0 amide bonds. The third kappa shape index (κ3) is 2.88. The standard InChI is InChI=1S/C13H15N3O2.ClH/c14-13(16-5-7-17-8-6-16)9-11-10-3-1-2-4-12(10)18-15-11;/h1-4,14H,5-9H2;1H. The average molecular weight is 282 g/mol. The van der Waals surface area contributed by atoms with Gasteiger partial charge >= 0.3 is 0 Å². The van der Waals surface area contributed by atoms with Gasteiger partial charge in [-0.05, 0) is 12.1 Å². The average Bonchev–Trinajstić information content (AvgIpc) is 2.83. The predicted octanol–water partition coefficient (Wildman–Crippen LogP) is 2.10. The van der Waals surface area contributed by atoms with Crippen molar-refractivity contribution < 1.29 is 9.26 Å². The molecule has 1 N–H and O–H groups in total. The van der Waals surface area contributed by atoms with Crippen molar-refractivity contribution in [3.8, 4) is 0 Å². The van der Waals surface area contributed by atoms with Gasteiger partial charge in [-0.2, -0.15) is 0 Å². The van der Waals surface area contributed by atoms with Gasteiger partial charge in [-0.3, -0.25) is 5.41 Å².